The molecule has 112 valence electrons. The van der Waals surface area contributed by atoms with Crippen LogP contribution in [0.25, 0.3) is 0 Å². The molecule has 4 nitrogen and oxygen atoms in total. The average molecular weight is 344 g/mol. The molecule has 5 heteroatoms. The van der Waals surface area contributed by atoms with Gasteiger partial charge in [-0.05, 0) is 59.4 Å². The van der Waals surface area contributed by atoms with Crippen LogP contribution in [0.3, 0.4) is 0 Å². The highest BCUT2D eigenvalue weighted by atomic mass is 79.9. The molecule has 2 rings (SSSR count). The molecule has 1 unspecified atom stereocenters. The first kappa shape index (κ1) is 15.6. The molecule has 1 heterocycles. The minimum atomic E-state index is 0.285. The van der Waals surface area contributed by atoms with Crippen molar-refractivity contribution >= 4 is 15.9 Å². The van der Waals surface area contributed by atoms with Gasteiger partial charge in [0.05, 0.1) is 18.2 Å². The normalized spacial score (nSPS) is 19.3. The second-order valence-electron chi connectivity index (χ2n) is 5.11. The van der Waals surface area contributed by atoms with Gasteiger partial charge in [0.15, 0.2) is 11.5 Å². The Morgan fingerprint density at radius 1 is 1.45 bits per heavy atom. The number of hydrogen-bond acceptors (Lipinski definition) is 4. The minimum Gasteiger partial charge on any atom is -0.493 e. The van der Waals surface area contributed by atoms with Gasteiger partial charge < -0.3 is 14.6 Å². The molecule has 0 radical (unpaired) electrons. The molecule has 1 aromatic carbocycles. The van der Waals surface area contributed by atoms with Crippen molar-refractivity contribution in [2.45, 2.75) is 19.9 Å². The van der Waals surface area contributed by atoms with E-state index in [9.17, 15) is 5.11 Å². The second kappa shape index (κ2) is 7.29. The Morgan fingerprint density at radius 3 is 2.85 bits per heavy atom. The van der Waals surface area contributed by atoms with Crippen molar-refractivity contribution in [1.82, 2.24) is 4.90 Å². The van der Waals surface area contributed by atoms with Crippen LogP contribution in [0.5, 0.6) is 11.5 Å². The molecule has 1 aliphatic rings. The van der Waals surface area contributed by atoms with Crippen LogP contribution in [0, 0.1) is 5.92 Å². The molecule has 1 aromatic rings. The fourth-order valence-electron chi connectivity index (χ4n) is 2.61. The highest BCUT2D eigenvalue weighted by Crippen LogP contribution is 2.37. The van der Waals surface area contributed by atoms with E-state index in [1.54, 1.807) is 7.11 Å². The SMILES string of the molecule is CCOc1c(Br)cc(CN2CCC(CO)C2)cc1OC. The van der Waals surface area contributed by atoms with Crippen molar-refractivity contribution in [2.24, 2.45) is 5.92 Å². The van der Waals surface area contributed by atoms with Gasteiger partial charge in [0, 0.05) is 19.7 Å². The van der Waals surface area contributed by atoms with Crippen LogP contribution in [0.1, 0.15) is 18.9 Å². The topological polar surface area (TPSA) is 41.9 Å². The Balaban J connectivity index is 2.11. The van der Waals surface area contributed by atoms with Crippen LogP contribution >= 0.6 is 15.9 Å². The van der Waals surface area contributed by atoms with E-state index >= 15 is 0 Å². The Morgan fingerprint density at radius 2 is 2.25 bits per heavy atom. The second-order valence-corrected chi connectivity index (χ2v) is 5.97. The van der Waals surface area contributed by atoms with E-state index in [2.05, 4.69) is 26.9 Å². The first-order chi connectivity index (χ1) is 9.67. The number of rotatable bonds is 6. The summed E-state index contributed by atoms with van der Waals surface area (Å²) in [5.41, 5.74) is 1.19. The van der Waals surface area contributed by atoms with Gasteiger partial charge in [-0.15, -0.1) is 0 Å². The predicted molar refractivity (Wildman–Crippen MR) is 82.3 cm³/mol. The van der Waals surface area contributed by atoms with Crippen LogP contribution in [-0.4, -0.2) is 43.4 Å². The van der Waals surface area contributed by atoms with Gasteiger partial charge in [0.25, 0.3) is 0 Å². The number of methoxy groups -OCH3 is 1. The van der Waals surface area contributed by atoms with Crippen LogP contribution in [0.4, 0.5) is 0 Å². The van der Waals surface area contributed by atoms with E-state index in [1.807, 2.05) is 13.0 Å². The highest BCUT2D eigenvalue weighted by Gasteiger charge is 2.22. The van der Waals surface area contributed by atoms with Gasteiger partial charge in [0.1, 0.15) is 0 Å². The predicted octanol–water partition coefficient (Wildman–Crippen LogP) is 2.67. The van der Waals surface area contributed by atoms with Crippen molar-refractivity contribution in [2.75, 3.05) is 33.4 Å². The fraction of sp³-hybridized carbons (Fsp3) is 0.600. The number of likely N-dealkylation sites (tertiary alicyclic amines) is 1. The standard InChI is InChI=1S/C15H22BrNO3/c1-3-20-15-13(16)6-12(7-14(15)19-2)9-17-5-4-11(8-17)10-18/h6-7,11,18H,3-5,8-10H2,1-2H3. The van der Waals surface area contributed by atoms with E-state index in [0.717, 1.165) is 42.0 Å². The van der Waals surface area contributed by atoms with Gasteiger partial charge in [-0.3, -0.25) is 4.90 Å². The number of benzene rings is 1. The lowest BCUT2D eigenvalue weighted by Gasteiger charge is -2.18. The van der Waals surface area contributed by atoms with Crippen LogP contribution in [0.15, 0.2) is 16.6 Å². The fourth-order valence-corrected chi connectivity index (χ4v) is 3.22. The summed E-state index contributed by atoms with van der Waals surface area (Å²) in [6.07, 6.45) is 1.08. The molecular weight excluding hydrogens is 322 g/mol. The quantitative estimate of drug-likeness (QED) is 0.862. The Kier molecular flexibility index (Phi) is 5.69. The molecule has 20 heavy (non-hydrogen) atoms. The molecule has 0 saturated carbocycles. The van der Waals surface area contributed by atoms with E-state index < -0.39 is 0 Å². The molecule has 1 saturated heterocycles. The van der Waals surface area contributed by atoms with Gasteiger partial charge in [-0.25, -0.2) is 0 Å². The zero-order valence-corrected chi connectivity index (χ0v) is 13.6. The molecule has 0 aromatic heterocycles. The van der Waals surface area contributed by atoms with Crippen LogP contribution in [-0.2, 0) is 6.54 Å². The maximum absolute atomic E-state index is 9.20. The Hall–Kier alpha value is -0.780. The lowest BCUT2D eigenvalue weighted by Crippen LogP contribution is -2.21. The third kappa shape index (κ3) is 3.65. The number of aliphatic hydroxyl groups is 1. The molecule has 0 amide bonds. The summed E-state index contributed by atoms with van der Waals surface area (Å²) in [4.78, 5) is 2.36. The molecule has 0 bridgehead atoms. The van der Waals surface area contributed by atoms with Gasteiger partial charge in [0.2, 0.25) is 0 Å². The van der Waals surface area contributed by atoms with Gasteiger partial charge in [-0.1, -0.05) is 0 Å². The molecule has 1 fully saturated rings. The summed E-state index contributed by atoms with van der Waals surface area (Å²) >= 11 is 3.55. The van der Waals surface area contributed by atoms with Crippen LogP contribution in [0.2, 0.25) is 0 Å². The first-order valence-electron chi connectivity index (χ1n) is 7.00. The third-order valence-electron chi connectivity index (χ3n) is 3.61. The van der Waals surface area contributed by atoms with Crippen molar-refractivity contribution in [1.29, 1.82) is 0 Å². The average Bonchev–Trinajstić information content (AvgIpc) is 2.89. The number of halogens is 1. The van der Waals surface area contributed by atoms with Crippen molar-refractivity contribution < 1.29 is 14.6 Å². The van der Waals surface area contributed by atoms with E-state index in [1.165, 1.54) is 5.56 Å². The number of hydrogen-bond donors (Lipinski definition) is 1. The minimum absolute atomic E-state index is 0.285. The maximum atomic E-state index is 9.20. The summed E-state index contributed by atoms with van der Waals surface area (Å²) in [5, 5.41) is 9.20. The summed E-state index contributed by atoms with van der Waals surface area (Å²) in [6, 6.07) is 4.11. The first-order valence-corrected chi connectivity index (χ1v) is 7.79. The number of nitrogens with zero attached hydrogens (tertiary/aromatic N) is 1. The van der Waals surface area contributed by atoms with Crippen molar-refractivity contribution in [3.8, 4) is 11.5 Å². The van der Waals surface area contributed by atoms with Crippen molar-refractivity contribution in [3.05, 3.63) is 22.2 Å². The Labute approximate surface area is 128 Å². The molecular formula is C15H22BrNO3. The summed E-state index contributed by atoms with van der Waals surface area (Å²) in [6.45, 7) is 5.73. The molecule has 0 spiro atoms. The third-order valence-corrected chi connectivity index (χ3v) is 4.20. The van der Waals surface area contributed by atoms with E-state index in [0.29, 0.717) is 12.5 Å². The van der Waals surface area contributed by atoms with E-state index in [4.69, 9.17) is 9.47 Å². The summed E-state index contributed by atoms with van der Waals surface area (Å²) in [7, 11) is 1.66. The largest absolute Gasteiger partial charge is 0.493 e. The lowest BCUT2D eigenvalue weighted by atomic mass is 10.1. The summed E-state index contributed by atoms with van der Waals surface area (Å²) < 4.78 is 11.9. The van der Waals surface area contributed by atoms with E-state index in [-0.39, 0.29) is 6.61 Å². The molecule has 1 aliphatic heterocycles. The number of ether oxygens (including phenoxy) is 2. The van der Waals surface area contributed by atoms with Crippen LogP contribution < -0.4 is 9.47 Å². The Bertz CT molecular complexity index is 453. The maximum Gasteiger partial charge on any atom is 0.175 e. The summed E-state index contributed by atoms with van der Waals surface area (Å²) in [5.74, 6) is 1.94. The number of aliphatic hydroxyl groups excluding tert-OH is 1. The zero-order valence-electron chi connectivity index (χ0n) is 12.1. The zero-order chi connectivity index (χ0) is 14.5. The smallest absolute Gasteiger partial charge is 0.175 e. The molecule has 1 atom stereocenters. The van der Waals surface area contributed by atoms with Gasteiger partial charge >= 0.3 is 0 Å². The lowest BCUT2D eigenvalue weighted by molar-refractivity contribution is 0.220. The molecule has 1 N–H and O–H groups in total. The monoisotopic (exact) mass is 343 g/mol. The van der Waals surface area contributed by atoms with Gasteiger partial charge in [-0.2, -0.15) is 0 Å². The van der Waals surface area contributed by atoms with Crippen molar-refractivity contribution in [3.63, 3.8) is 0 Å². The highest BCUT2D eigenvalue weighted by molar-refractivity contribution is 9.10. The molecule has 0 aliphatic carbocycles.